The van der Waals surface area contributed by atoms with Crippen molar-refractivity contribution in [2.75, 3.05) is 0 Å². The van der Waals surface area contributed by atoms with Gasteiger partial charge in [0.05, 0.1) is 10.0 Å². The molecule has 2 aromatic carbocycles. The topological polar surface area (TPSA) is 67.8 Å². The fourth-order valence-electron chi connectivity index (χ4n) is 1.52. The van der Waals surface area contributed by atoms with E-state index in [0.717, 1.165) is 0 Å². The average Bonchev–Trinajstić information content (AvgIpc) is 2.43. The summed E-state index contributed by atoms with van der Waals surface area (Å²) in [6.45, 7) is 0. The Hall–Kier alpha value is -1.79. The van der Waals surface area contributed by atoms with E-state index in [9.17, 15) is 4.39 Å². The summed E-state index contributed by atoms with van der Waals surface area (Å²) in [6, 6.07) is 8.65. The van der Waals surface area contributed by atoms with Gasteiger partial charge in [0.1, 0.15) is 17.3 Å². The van der Waals surface area contributed by atoms with E-state index in [0.29, 0.717) is 15.1 Å². The van der Waals surface area contributed by atoms with E-state index in [1.807, 2.05) is 0 Å². The Morgan fingerprint density at radius 1 is 1.25 bits per heavy atom. The van der Waals surface area contributed by atoms with Crippen molar-refractivity contribution >= 4 is 33.4 Å². The Kier molecular flexibility index (Phi) is 4.46. The smallest absolute Gasteiger partial charge is 0.173 e. The quantitative estimate of drug-likeness (QED) is 0.375. The monoisotopic (exact) mass is 358 g/mol. The minimum Gasteiger partial charge on any atom is -0.455 e. The molecule has 0 atom stereocenters. The highest BCUT2D eigenvalue weighted by atomic mass is 79.9. The second kappa shape index (κ2) is 6.11. The normalized spacial score (nSPS) is 11.4. The third-order valence-electron chi connectivity index (χ3n) is 2.44. The van der Waals surface area contributed by atoms with Gasteiger partial charge in [-0.25, -0.2) is 4.39 Å². The van der Waals surface area contributed by atoms with Gasteiger partial charge in [0, 0.05) is 11.1 Å². The van der Waals surface area contributed by atoms with E-state index in [1.165, 1.54) is 24.3 Å². The van der Waals surface area contributed by atoms with E-state index in [-0.39, 0.29) is 17.3 Å². The molecule has 104 valence electrons. The van der Waals surface area contributed by atoms with Gasteiger partial charge in [-0.05, 0) is 46.3 Å². The molecular weight excluding hydrogens is 351 g/mol. The van der Waals surface area contributed by atoms with Crippen LogP contribution in [0.1, 0.15) is 5.56 Å². The maximum Gasteiger partial charge on any atom is 0.173 e. The summed E-state index contributed by atoms with van der Waals surface area (Å²) in [4.78, 5) is 0. The van der Waals surface area contributed by atoms with Crippen molar-refractivity contribution in [1.29, 1.82) is 0 Å². The summed E-state index contributed by atoms with van der Waals surface area (Å²) in [5.74, 6) is -0.0483. The van der Waals surface area contributed by atoms with E-state index in [4.69, 9.17) is 27.3 Å². The van der Waals surface area contributed by atoms with Gasteiger partial charge < -0.3 is 15.7 Å². The minimum absolute atomic E-state index is 0.157. The average molecular weight is 360 g/mol. The van der Waals surface area contributed by atoms with Crippen LogP contribution in [-0.2, 0) is 0 Å². The maximum atomic E-state index is 13.2. The first-order valence-electron chi connectivity index (χ1n) is 5.41. The van der Waals surface area contributed by atoms with Gasteiger partial charge in [-0.15, -0.1) is 0 Å². The van der Waals surface area contributed by atoms with E-state index in [2.05, 4.69) is 21.1 Å². The number of nitrogens with zero attached hydrogens (tertiary/aromatic N) is 1. The predicted molar refractivity (Wildman–Crippen MR) is 78.1 cm³/mol. The van der Waals surface area contributed by atoms with Crippen LogP contribution >= 0.6 is 27.5 Å². The van der Waals surface area contributed by atoms with Gasteiger partial charge in [-0.2, -0.15) is 0 Å². The molecule has 0 saturated heterocycles. The Morgan fingerprint density at radius 2 is 2.00 bits per heavy atom. The minimum atomic E-state index is -0.442. The highest BCUT2D eigenvalue weighted by molar-refractivity contribution is 9.10. The number of hydrogen-bond donors (Lipinski definition) is 2. The lowest BCUT2D eigenvalue weighted by Crippen LogP contribution is -2.14. The first kappa shape index (κ1) is 14.6. The molecule has 0 spiro atoms. The molecule has 0 saturated carbocycles. The van der Waals surface area contributed by atoms with Gasteiger partial charge in [-0.3, -0.25) is 0 Å². The zero-order valence-electron chi connectivity index (χ0n) is 9.98. The number of oxime groups is 1. The molecule has 2 rings (SSSR count). The van der Waals surface area contributed by atoms with Crippen LogP contribution in [0.3, 0.4) is 0 Å². The second-order valence-corrected chi connectivity index (χ2v) is 5.09. The lowest BCUT2D eigenvalue weighted by Gasteiger charge is -2.12. The largest absolute Gasteiger partial charge is 0.455 e. The van der Waals surface area contributed by atoms with Crippen LogP contribution in [0, 0.1) is 5.82 Å². The third-order valence-corrected chi connectivity index (χ3v) is 3.33. The molecule has 0 heterocycles. The van der Waals surface area contributed by atoms with E-state index < -0.39 is 5.82 Å². The molecule has 0 fully saturated rings. The molecule has 0 unspecified atom stereocenters. The number of halogens is 3. The first-order chi connectivity index (χ1) is 9.51. The zero-order chi connectivity index (χ0) is 14.7. The highest BCUT2D eigenvalue weighted by Gasteiger charge is 2.12. The van der Waals surface area contributed by atoms with E-state index >= 15 is 0 Å². The lowest BCUT2D eigenvalue weighted by molar-refractivity contribution is 0.318. The molecule has 0 aliphatic carbocycles. The van der Waals surface area contributed by atoms with Crippen LogP contribution in [0.15, 0.2) is 46.0 Å². The van der Waals surface area contributed by atoms with Crippen LogP contribution in [-0.4, -0.2) is 11.0 Å². The molecule has 0 aromatic heterocycles. The van der Waals surface area contributed by atoms with Gasteiger partial charge in [0.25, 0.3) is 0 Å². The fourth-order valence-corrected chi connectivity index (χ4v) is 2.02. The van der Waals surface area contributed by atoms with Gasteiger partial charge in [0.15, 0.2) is 5.84 Å². The Bertz CT molecular complexity index is 679. The van der Waals surface area contributed by atoms with E-state index in [1.54, 1.807) is 12.1 Å². The van der Waals surface area contributed by atoms with Crippen molar-refractivity contribution in [3.8, 4) is 11.5 Å². The van der Waals surface area contributed by atoms with Crippen molar-refractivity contribution in [3.63, 3.8) is 0 Å². The molecule has 0 radical (unpaired) electrons. The number of hydrogen-bond acceptors (Lipinski definition) is 3. The Balaban J connectivity index is 2.46. The number of amidine groups is 1. The number of benzene rings is 2. The standard InChI is InChI=1S/C13H9BrClFN2O2/c14-10-3-2-8(16)6-12(10)20-11-4-1-7(15)5-9(11)13(17)18-19/h1-6,19H,(H2,17,18). The number of ether oxygens (including phenoxy) is 1. The van der Waals surface area contributed by atoms with Crippen molar-refractivity contribution in [3.05, 3.63) is 57.3 Å². The molecule has 3 N–H and O–H groups in total. The third kappa shape index (κ3) is 3.20. The maximum absolute atomic E-state index is 13.2. The van der Waals surface area contributed by atoms with Crippen molar-refractivity contribution in [1.82, 2.24) is 0 Å². The highest BCUT2D eigenvalue weighted by Crippen LogP contribution is 2.33. The van der Waals surface area contributed by atoms with Crippen molar-refractivity contribution in [2.45, 2.75) is 0 Å². The van der Waals surface area contributed by atoms with Crippen molar-refractivity contribution in [2.24, 2.45) is 10.9 Å². The Morgan fingerprint density at radius 3 is 2.70 bits per heavy atom. The van der Waals surface area contributed by atoms with Gasteiger partial charge in [-0.1, -0.05) is 16.8 Å². The molecule has 0 bridgehead atoms. The second-order valence-electron chi connectivity index (χ2n) is 3.80. The molecule has 0 aliphatic rings. The molecule has 0 aliphatic heterocycles. The number of nitrogens with two attached hydrogens (primary N) is 1. The molecule has 0 amide bonds. The summed E-state index contributed by atoms with van der Waals surface area (Å²) in [7, 11) is 0. The molecule has 4 nitrogen and oxygen atoms in total. The van der Waals surface area contributed by atoms with Gasteiger partial charge in [0.2, 0.25) is 0 Å². The van der Waals surface area contributed by atoms with Crippen LogP contribution < -0.4 is 10.5 Å². The first-order valence-corrected chi connectivity index (χ1v) is 6.58. The summed E-state index contributed by atoms with van der Waals surface area (Å²) >= 11 is 9.11. The summed E-state index contributed by atoms with van der Waals surface area (Å²) in [6.07, 6.45) is 0. The van der Waals surface area contributed by atoms with Crippen LogP contribution in [0.5, 0.6) is 11.5 Å². The molecule has 20 heavy (non-hydrogen) atoms. The fraction of sp³-hybridized carbons (Fsp3) is 0. The summed E-state index contributed by atoms with van der Waals surface area (Å²) in [5.41, 5.74) is 5.86. The number of rotatable bonds is 3. The Labute approximate surface area is 127 Å². The summed E-state index contributed by atoms with van der Waals surface area (Å²) < 4.78 is 19.4. The summed E-state index contributed by atoms with van der Waals surface area (Å²) in [5, 5.41) is 12.1. The zero-order valence-corrected chi connectivity index (χ0v) is 12.3. The van der Waals surface area contributed by atoms with Crippen LogP contribution in [0.2, 0.25) is 5.02 Å². The van der Waals surface area contributed by atoms with Crippen molar-refractivity contribution < 1.29 is 14.3 Å². The molecule has 7 heteroatoms. The predicted octanol–water partition coefficient (Wildman–Crippen LogP) is 4.13. The van der Waals surface area contributed by atoms with Crippen LogP contribution in [0.25, 0.3) is 0 Å². The molecular formula is C13H9BrClFN2O2. The molecule has 2 aromatic rings. The van der Waals surface area contributed by atoms with Crippen LogP contribution in [0.4, 0.5) is 4.39 Å². The lowest BCUT2D eigenvalue weighted by atomic mass is 10.2. The van der Waals surface area contributed by atoms with Gasteiger partial charge >= 0.3 is 0 Å². The SMILES string of the molecule is N/C(=N/O)c1cc(Cl)ccc1Oc1cc(F)ccc1Br.